The van der Waals surface area contributed by atoms with Crippen LogP contribution in [0.25, 0.3) is 0 Å². The summed E-state index contributed by atoms with van der Waals surface area (Å²) in [5, 5.41) is 9.21. The lowest BCUT2D eigenvalue weighted by atomic mass is 9.95. The number of phenolic OH excluding ortho intramolecular Hbond substituents is 1. The quantitative estimate of drug-likeness (QED) is 0.908. The van der Waals surface area contributed by atoms with Crippen LogP contribution in [0.3, 0.4) is 0 Å². The highest BCUT2D eigenvalue weighted by Crippen LogP contribution is 2.21. The van der Waals surface area contributed by atoms with Crippen molar-refractivity contribution < 1.29 is 19.0 Å². The van der Waals surface area contributed by atoms with Gasteiger partial charge in [-0.15, -0.1) is 0 Å². The number of morpholine rings is 1. The molecule has 1 aromatic rings. The van der Waals surface area contributed by atoms with Gasteiger partial charge in [-0.25, -0.2) is 4.39 Å². The van der Waals surface area contributed by atoms with Gasteiger partial charge in [-0.05, 0) is 36.5 Å². The number of amides is 1. The molecule has 2 aliphatic heterocycles. The van der Waals surface area contributed by atoms with E-state index in [9.17, 15) is 14.3 Å². The molecular formula is C18H25FN2O3. The summed E-state index contributed by atoms with van der Waals surface area (Å²) in [5.41, 5.74) is 0.603. The Morgan fingerprint density at radius 2 is 1.92 bits per heavy atom. The number of benzene rings is 1. The average Bonchev–Trinajstić information content (AvgIpc) is 2.60. The van der Waals surface area contributed by atoms with Crippen molar-refractivity contribution in [2.45, 2.75) is 19.3 Å². The van der Waals surface area contributed by atoms with Crippen LogP contribution in [0.4, 0.5) is 4.39 Å². The fourth-order valence-corrected chi connectivity index (χ4v) is 3.46. The molecule has 0 atom stereocenters. The number of nitrogens with zero attached hydrogens (tertiary/aromatic N) is 2. The Balaban J connectivity index is 1.45. The molecule has 1 N–H and O–H groups in total. The van der Waals surface area contributed by atoms with Crippen molar-refractivity contribution in [1.82, 2.24) is 9.80 Å². The molecule has 2 saturated heterocycles. The van der Waals surface area contributed by atoms with Gasteiger partial charge in [0.1, 0.15) is 0 Å². The molecule has 132 valence electrons. The topological polar surface area (TPSA) is 53.0 Å². The second kappa shape index (κ2) is 7.94. The lowest BCUT2D eigenvalue weighted by Gasteiger charge is -2.36. The van der Waals surface area contributed by atoms with Crippen LogP contribution in [-0.2, 0) is 16.0 Å². The summed E-state index contributed by atoms with van der Waals surface area (Å²) in [6, 6.07) is 4.13. The number of rotatable bonds is 4. The van der Waals surface area contributed by atoms with Gasteiger partial charge in [-0.2, -0.15) is 0 Å². The van der Waals surface area contributed by atoms with Crippen LogP contribution in [-0.4, -0.2) is 66.8 Å². The predicted molar refractivity (Wildman–Crippen MR) is 88.3 cm³/mol. The second-order valence-electron chi connectivity index (χ2n) is 6.70. The second-order valence-corrected chi connectivity index (χ2v) is 6.70. The van der Waals surface area contributed by atoms with E-state index in [-0.39, 0.29) is 18.1 Å². The Labute approximate surface area is 142 Å². The van der Waals surface area contributed by atoms with E-state index in [2.05, 4.69) is 4.90 Å². The smallest absolute Gasteiger partial charge is 0.226 e. The highest BCUT2D eigenvalue weighted by atomic mass is 19.1. The SMILES string of the molecule is O=C(Cc1ccc(O)c(F)c1)N1CCC(CN2CCOCC2)CC1. The number of carbonyl (C=O) groups is 1. The maximum Gasteiger partial charge on any atom is 0.226 e. The van der Waals surface area contributed by atoms with Crippen molar-refractivity contribution in [2.75, 3.05) is 45.9 Å². The Bertz CT molecular complexity index is 567. The molecule has 2 fully saturated rings. The van der Waals surface area contributed by atoms with Crippen molar-refractivity contribution in [1.29, 1.82) is 0 Å². The molecule has 6 heteroatoms. The lowest BCUT2D eigenvalue weighted by molar-refractivity contribution is -0.132. The Morgan fingerprint density at radius 1 is 1.21 bits per heavy atom. The summed E-state index contributed by atoms with van der Waals surface area (Å²) < 4.78 is 18.7. The molecule has 5 nitrogen and oxygen atoms in total. The lowest BCUT2D eigenvalue weighted by Crippen LogP contribution is -2.44. The number of carbonyl (C=O) groups excluding carboxylic acids is 1. The molecular weight excluding hydrogens is 311 g/mol. The van der Waals surface area contributed by atoms with Crippen LogP contribution in [0, 0.1) is 11.7 Å². The number of ether oxygens (including phenoxy) is 1. The Kier molecular flexibility index (Phi) is 5.68. The number of phenols is 1. The zero-order valence-electron chi connectivity index (χ0n) is 13.9. The molecule has 0 radical (unpaired) electrons. The van der Waals surface area contributed by atoms with Gasteiger partial charge >= 0.3 is 0 Å². The Hall–Kier alpha value is -1.66. The van der Waals surface area contributed by atoms with Gasteiger partial charge in [0.05, 0.1) is 19.6 Å². The van der Waals surface area contributed by atoms with E-state index >= 15 is 0 Å². The van der Waals surface area contributed by atoms with E-state index < -0.39 is 5.82 Å². The molecule has 2 heterocycles. The van der Waals surface area contributed by atoms with Gasteiger partial charge in [-0.1, -0.05) is 6.07 Å². The van der Waals surface area contributed by atoms with Gasteiger partial charge in [0.25, 0.3) is 0 Å². The van der Waals surface area contributed by atoms with Crippen molar-refractivity contribution in [3.63, 3.8) is 0 Å². The highest BCUT2D eigenvalue weighted by molar-refractivity contribution is 5.78. The first-order valence-corrected chi connectivity index (χ1v) is 8.67. The number of likely N-dealkylation sites (tertiary alicyclic amines) is 1. The molecule has 24 heavy (non-hydrogen) atoms. The molecule has 0 bridgehead atoms. The third-order valence-corrected chi connectivity index (χ3v) is 4.95. The number of hydrogen-bond acceptors (Lipinski definition) is 4. The van der Waals surface area contributed by atoms with Crippen molar-refractivity contribution in [3.05, 3.63) is 29.6 Å². The standard InChI is InChI=1S/C18H25FN2O3/c19-16-11-15(1-2-17(16)22)12-18(23)21-5-3-14(4-6-21)13-20-7-9-24-10-8-20/h1-2,11,14,22H,3-10,12-13H2. The minimum atomic E-state index is -0.676. The van der Waals surface area contributed by atoms with E-state index in [4.69, 9.17) is 4.74 Å². The monoisotopic (exact) mass is 336 g/mol. The predicted octanol–water partition coefficient (Wildman–Crippen LogP) is 1.64. The van der Waals surface area contributed by atoms with Crippen molar-refractivity contribution in [2.24, 2.45) is 5.92 Å². The van der Waals surface area contributed by atoms with Gasteiger partial charge < -0.3 is 14.7 Å². The largest absolute Gasteiger partial charge is 0.505 e. The summed E-state index contributed by atoms with van der Waals surface area (Å²) in [4.78, 5) is 16.7. The average molecular weight is 336 g/mol. The first-order valence-electron chi connectivity index (χ1n) is 8.67. The first-order chi connectivity index (χ1) is 11.6. The minimum Gasteiger partial charge on any atom is -0.505 e. The van der Waals surface area contributed by atoms with E-state index in [1.807, 2.05) is 4.90 Å². The van der Waals surface area contributed by atoms with Crippen LogP contribution in [0.15, 0.2) is 18.2 Å². The van der Waals surface area contributed by atoms with Crippen molar-refractivity contribution in [3.8, 4) is 5.75 Å². The van der Waals surface area contributed by atoms with E-state index in [0.717, 1.165) is 58.8 Å². The summed E-state index contributed by atoms with van der Waals surface area (Å²) >= 11 is 0. The Morgan fingerprint density at radius 3 is 2.58 bits per heavy atom. The van der Waals surface area contributed by atoms with Crippen LogP contribution in [0.5, 0.6) is 5.75 Å². The number of hydrogen-bond donors (Lipinski definition) is 1. The fourth-order valence-electron chi connectivity index (χ4n) is 3.46. The molecule has 0 unspecified atom stereocenters. The molecule has 3 rings (SSSR count). The van der Waals surface area contributed by atoms with Crippen LogP contribution < -0.4 is 0 Å². The zero-order valence-corrected chi connectivity index (χ0v) is 13.9. The molecule has 0 saturated carbocycles. The van der Waals surface area contributed by atoms with Crippen LogP contribution >= 0.6 is 0 Å². The third-order valence-electron chi connectivity index (χ3n) is 4.95. The summed E-state index contributed by atoms with van der Waals surface area (Å²) in [5.74, 6) is -0.386. The zero-order chi connectivity index (χ0) is 16.9. The molecule has 2 aliphatic rings. The van der Waals surface area contributed by atoms with Crippen LogP contribution in [0.2, 0.25) is 0 Å². The molecule has 1 aromatic carbocycles. The number of aromatic hydroxyl groups is 1. The normalized spacial score (nSPS) is 20.3. The number of halogens is 1. The third kappa shape index (κ3) is 4.45. The highest BCUT2D eigenvalue weighted by Gasteiger charge is 2.25. The number of piperidine rings is 1. The van der Waals surface area contributed by atoms with E-state index in [1.54, 1.807) is 6.07 Å². The fraction of sp³-hybridized carbons (Fsp3) is 0.611. The van der Waals surface area contributed by atoms with E-state index in [0.29, 0.717) is 11.5 Å². The molecule has 0 spiro atoms. The van der Waals surface area contributed by atoms with Gasteiger partial charge in [0, 0.05) is 32.7 Å². The minimum absolute atomic E-state index is 0.0323. The van der Waals surface area contributed by atoms with Gasteiger partial charge in [-0.3, -0.25) is 9.69 Å². The summed E-state index contributed by atoms with van der Waals surface area (Å²) in [6.45, 7) is 6.29. The molecule has 0 aromatic heterocycles. The van der Waals surface area contributed by atoms with Crippen LogP contribution in [0.1, 0.15) is 18.4 Å². The van der Waals surface area contributed by atoms with Gasteiger partial charge in [0.2, 0.25) is 5.91 Å². The summed E-state index contributed by atoms with van der Waals surface area (Å²) in [6.07, 6.45) is 2.23. The maximum absolute atomic E-state index is 13.4. The molecule has 0 aliphatic carbocycles. The van der Waals surface area contributed by atoms with Gasteiger partial charge in [0.15, 0.2) is 11.6 Å². The molecule has 1 amide bonds. The maximum atomic E-state index is 13.4. The summed E-state index contributed by atoms with van der Waals surface area (Å²) in [7, 11) is 0. The van der Waals surface area contributed by atoms with Crippen molar-refractivity contribution >= 4 is 5.91 Å². The van der Waals surface area contributed by atoms with E-state index in [1.165, 1.54) is 12.1 Å². The first kappa shape index (κ1) is 17.2.